The predicted octanol–water partition coefficient (Wildman–Crippen LogP) is 1.33. The van der Waals surface area contributed by atoms with E-state index in [0.29, 0.717) is 24.9 Å². The van der Waals surface area contributed by atoms with E-state index in [1.807, 2.05) is 42.5 Å². The maximum absolute atomic E-state index is 14.4. The van der Waals surface area contributed by atoms with Crippen LogP contribution < -0.4 is 32.3 Å². The third-order valence-corrected chi connectivity index (χ3v) is 10.3. The van der Waals surface area contributed by atoms with Gasteiger partial charge in [-0.3, -0.25) is 28.8 Å². The number of aromatic amines is 1. The summed E-state index contributed by atoms with van der Waals surface area (Å²) in [4.78, 5) is 88.5. The van der Waals surface area contributed by atoms with Crippen LogP contribution in [0.25, 0.3) is 10.9 Å². The standard InChI is InChI=1S/C42H52N8O7/c1-25-42(57)50(3)26(2)37(52)47-35(21-27-11-5-4-6-12-27)40(55)49-36(23-29-24-44-32-14-8-7-13-31(29)32)41(56)46-33(15-9-10-20-43)38(53)48-34(39(54)45-25)22-28-16-18-30(51)19-17-28/h4-8,11-14,16-19,24-26,33-36,44,51H,9-10,15,20-23,43H2,1-3H3,(H,45,54)(H,46,56)(H,47,52)(H,48,53)(H,49,55)/t25-,26-,33-,34-,35-,36-/m0/s1. The number of amides is 6. The minimum atomic E-state index is -1.21. The van der Waals surface area contributed by atoms with Crippen LogP contribution in [0.2, 0.25) is 0 Å². The molecule has 1 aliphatic heterocycles. The highest BCUT2D eigenvalue weighted by molar-refractivity contribution is 5.98. The minimum Gasteiger partial charge on any atom is -0.508 e. The van der Waals surface area contributed by atoms with Crippen molar-refractivity contribution in [2.75, 3.05) is 13.6 Å². The molecule has 0 radical (unpaired) electrons. The second-order valence-electron chi connectivity index (χ2n) is 14.5. The highest BCUT2D eigenvalue weighted by atomic mass is 16.3. The number of hydrogen-bond donors (Lipinski definition) is 8. The first-order valence-electron chi connectivity index (χ1n) is 19.2. The molecule has 0 bridgehead atoms. The number of nitrogens with zero attached hydrogens (tertiary/aromatic N) is 1. The zero-order valence-electron chi connectivity index (χ0n) is 32.4. The van der Waals surface area contributed by atoms with Gasteiger partial charge in [0, 0.05) is 43.4 Å². The molecule has 1 aliphatic rings. The molecule has 57 heavy (non-hydrogen) atoms. The van der Waals surface area contributed by atoms with E-state index in [0.717, 1.165) is 22.0 Å². The zero-order valence-corrected chi connectivity index (χ0v) is 32.4. The van der Waals surface area contributed by atoms with Crippen LogP contribution in [0.3, 0.4) is 0 Å². The molecule has 0 aliphatic carbocycles. The molecule has 1 aromatic heterocycles. The number of carbonyl (C=O) groups is 6. The van der Waals surface area contributed by atoms with E-state index in [-0.39, 0.29) is 31.4 Å². The van der Waals surface area contributed by atoms with Crippen molar-refractivity contribution in [2.24, 2.45) is 5.73 Å². The fourth-order valence-corrected chi connectivity index (χ4v) is 6.78. The Balaban J connectivity index is 1.54. The van der Waals surface area contributed by atoms with Crippen molar-refractivity contribution in [1.82, 2.24) is 36.5 Å². The van der Waals surface area contributed by atoms with Crippen molar-refractivity contribution in [3.05, 3.63) is 102 Å². The first kappa shape index (κ1) is 41.9. The van der Waals surface area contributed by atoms with Crippen molar-refractivity contribution in [3.8, 4) is 5.75 Å². The predicted molar refractivity (Wildman–Crippen MR) is 214 cm³/mol. The van der Waals surface area contributed by atoms with Crippen LogP contribution in [-0.2, 0) is 48.0 Å². The molecule has 6 amide bonds. The molecule has 1 saturated heterocycles. The molecule has 0 saturated carbocycles. The molecular formula is C42H52N8O7. The van der Waals surface area contributed by atoms with E-state index in [1.165, 1.54) is 37.9 Å². The van der Waals surface area contributed by atoms with Gasteiger partial charge in [-0.15, -0.1) is 0 Å². The van der Waals surface area contributed by atoms with Gasteiger partial charge < -0.3 is 47.3 Å². The monoisotopic (exact) mass is 780 g/mol. The summed E-state index contributed by atoms with van der Waals surface area (Å²) in [7, 11) is 1.42. The molecule has 9 N–H and O–H groups in total. The second-order valence-corrected chi connectivity index (χ2v) is 14.5. The number of H-pyrrole nitrogens is 1. The van der Waals surface area contributed by atoms with Crippen molar-refractivity contribution in [2.45, 2.75) is 88.6 Å². The lowest BCUT2D eigenvalue weighted by Gasteiger charge is -2.31. The number of carbonyl (C=O) groups excluding carboxylic acids is 6. The highest BCUT2D eigenvalue weighted by Crippen LogP contribution is 2.20. The Morgan fingerprint density at radius 1 is 0.614 bits per heavy atom. The largest absolute Gasteiger partial charge is 0.508 e. The van der Waals surface area contributed by atoms with E-state index >= 15 is 0 Å². The molecule has 15 nitrogen and oxygen atoms in total. The quantitative estimate of drug-likeness (QED) is 0.109. The van der Waals surface area contributed by atoms with Gasteiger partial charge in [0.25, 0.3) is 0 Å². The SMILES string of the molecule is C[C@@H]1NC(=O)[C@H](Cc2ccc(O)cc2)NC(=O)[C@H](CCCCN)NC(=O)[C@H](Cc2c[nH]c3ccccc23)NC(=O)[C@H](Cc2ccccc2)NC(=O)[C@H](C)N(C)C1=O. The molecule has 6 atom stereocenters. The summed E-state index contributed by atoms with van der Waals surface area (Å²) in [6, 6.07) is 15.7. The number of unbranched alkanes of at least 4 members (excludes halogenated alkanes) is 1. The van der Waals surface area contributed by atoms with Gasteiger partial charge in [-0.1, -0.05) is 60.7 Å². The minimum absolute atomic E-state index is 0.0145. The van der Waals surface area contributed by atoms with Gasteiger partial charge in [0.15, 0.2) is 0 Å². The maximum Gasteiger partial charge on any atom is 0.245 e. The van der Waals surface area contributed by atoms with Crippen molar-refractivity contribution >= 4 is 46.3 Å². The Morgan fingerprint density at radius 2 is 1.14 bits per heavy atom. The number of aromatic nitrogens is 1. The van der Waals surface area contributed by atoms with E-state index in [2.05, 4.69) is 31.6 Å². The van der Waals surface area contributed by atoms with Crippen molar-refractivity contribution in [3.63, 3.8) is 0 Å². The zero-order chi connectivity index (χ0) is 41.1. The van der Waals surface area contributed by atoms with Gasteiger partial charge in [-0.05, 0) is 74.5 Å². The van der Waals surface area contributed by atoms with E-state index in [1.54, 1.807) is 30.5 Å². The number of nitrogens with two attached hydrogens (primary N) is 1. The molecule has 15 heteroatoms. The number of aromatic hydroxyl groups is 1. The first-order valence-corrected chi connectivity index (χ1v) is 19.2. The van der Waals surface area contributed by atoms with Crippen molar-refractivity contribution < 1.29 is 33.9 Å². The molecule has 0 spiro atoms. The Morgan fingerprint density at radius 3 is 1.79 bits per heavy atom. The molecule has 302 valence electrons. The summed E-state index contributed by atoms with van der Waals surface area (Å²) < 4.78 is 0. The molecule has 0 unspecified atom stereocenters. The number of para-hydroxylation sites is 1. The fraction of sp³-hybridized carbons (Fsp3) is 0.381. The fourth-order valence-electron chi connectivity index (χ4n) is 6.78. The summed E-state index contributed by atoms with van der Waals surface area (Å²) >= 11 is 0. The average molecular weight is 781 g/mol. The highest BCUT2D eigenvalue weighted by Gasteiger charge is 2.35. The molecule has 1 fully saturated rings. The Labute approximate surface area is 331 Å². The van der Waals surface area contributed by atoms with Gasteiger partial charge in [0.05, 0.1) is 0 Å². The number of hydrogen-bond acceptors (Lipinski definition) is 8. The number of likely N-dealkylation sites (N-methyl/N-ethyl adjacent to an activating group) is 1. The number of rotatable bonds is 10. The molecule has 4 aromatic rings. The second kappa shape index (κ2) is 19.6. The normalized spacial score (nSPS) is 23.1. The van der Waals surface area contributed by atoms with Gasteiger partial charge in [-0.25, -0.2) is 0 Å². The topological polar surface area (TPSA) is 228 Å². The first-order chi connectivity index (χ1) is 27.3. The molecule has 5 rings (SSSR count). The van der Waals surface area contributed by atoms with E-state index in [4.69, 9.17) is 5.73 Å². The van der Waals surface area contributed by atoms with Gasteiger partial charge in [0.1, 0.15) is 42.0 Å². The van der Waals surface area contributed by atoms with Crippen LogP contribution in [0.5, 0.6) is 5.75 Å². The average Bonchev–Trinajstić information content (AvgIpc) is 3.61. The van der Waals surface area contributed by atoms with Crippen LogP contribution in [-0.4, -0.2) is 100 Å². The smallest absolute Gasteiger partial charge is 0.245 e. The number of benzene rings is 3. The Kier molecular flexibility index (Phi) is 14.4. The van der Waals surface area contributed by atoms with Crippen LogP contribution in [0.4, 0.5) is 0 Å². The van der Waals surface area contributed by atoms with Crippen LogP contribution >= 0.6 is 0 Å². The lowest BCUT2D eigenvalue weighted by Crippen LogP contribution is -2.61. The summed E-state index contributed by atoms with van der Waals surface area (Å²) in [5.74, 6) is -3.83. The van der Waals surface area contributed by atoms with Crippen LogP contribution in [0, 0.1) is 0 Å². The maximum atomic E-state index is 14.4. The Hall–Kier alpha value is -6.22. The summed E-state index contributed by atoms with van der Waals surface area (Å²) in [6.45, 7) is 3.32. The summed E-state index contributed by atoms with van der Waals surface area (Å²) in [5.41, 5.74) is 8.68. The molecule has 2 heterocycles. The third kappa shape index (κ3) is 11.2. The lowest BCUT2D eigenvalue weighted by atomic mass is 10.0. The van der Waals surface area contributed by atoms with Crippen molar-refractivity contribution in [1.29, 1.82) is 0 Å². The van der Waals surface area contributed by atoms with Gasteiger partial charge >= 0.3 is 0 Å². The number of phenolic OH excluding ortho intramolecular Hbond substituents is 1. The Bertz CT molecular complexity index is 2040. The molecule has 3 aromatic carbocycles. The molecular weight excluding hydrogens is 729 g/mol. The van der Waals surface area contributed by atoms with E-state index < -0.39 is 71.7 Å². The number of nitrogens with one attached hydrogen (secondary N) is 6. The van der Waals surface area contributed by atoms with Crippen LogP contribution in [0.1, 0.15) is 49.8 Å². The third-order valence-electron chi connectivity index (χ3n) is 10.3. The van der Waals surface area contributed by atoms with Gasteiger partial charge in [-0.2, -0.15) is 0 Å². The van der Waals surface area contributed by atoms with Crippen LogP contribution in [0.15, 0.2) is 85.1 Å². The lowest BCUT2D eigenvalue weighted by molar-refractivity contribution is -0.142. The summed E-state index contributed by atoms with van der Waals surface area (Å²) in [5, 5.41) is 24.6. The van der Waals surface area contributed by atoms with Gasteiger partial charge in [0.2, 0.25) is 35.4 Å². The summed E-state index contributed by atoms with van der Waals surface area (Å²) in [6.07, 6.45) is 3.03. The van der Waals surface area contributed by atoms with E-state index in [9.17, 15) is 33.9 Å². The number of phenols is 1. The number of fused-ring (bicyclic) bond motifs is 1.